The summed E-state index contributed by atoms with van der Waals surface area (Å²) < 4.78 is 0. The first-order valence-corrected chi connectivity index (χ1v) is 7.64. The molecule has 118 valence electrons. The van der Waals surface area contributed by atoms with Crippen LogP contribution in [-0.4, -0.2) is 45.4 Å². The fourth-order valence-corrected chi connectivity index (χ4v) is 2.69. The van der Waals surface area contributed by atoms with Crippen molar-refractivity contribution in [3.05, 3.63) is 41.2 Å². The lowest BCUT2D eigenvalue weighted by molar-refractivity contribution is 0.0942. The van der Waals surface area contributed by atoms with Crippen LogP contribution in [0.15, 0.2) is 30.5 Å². The third kappa shape index (κ3) is 3.60. The number of benzene rings is 1. The van der Waals surface area contributed by atoms with E-state index in [-0.39, 0.29) is 11.6 Å². The van der Waals surface area contributed by atoms with Gasteiger partial charge in [0.05, 0.1) is 11.9 Å². The van der Waals surface area contributed by atoms with Gasteiger partial charge in [0, 0.05) is 24.7 Å². The first-order valence-electron chi connectivity index (χ1n) is 7.27. The third-order valence-electron chi connectivity index (χ3n) is 3.74. The van der Waals surface area contributed by atoms with Crippen LogP contribution in [0.3, 0.4) is 0 Å². The molecule has 0 aliphatic carbocycles. The van der Waals surface area contributed by atoms with Gasteiger partial charge < -0.3 is 10.2 Å². The lowest BCUT2D eigenvalue weighted by Crippen LogP contribution is -2.30. The molecular weight excluding hydrogens is 316 g/mol. The molecule has 3 rings (SSSR count). The molecule has 1 aromatic heterocycles. The van der Waals surface area contributed by atoms with Gasteiger partial charge in [0.1, 0.15) is 0 Å². The minimum atomic E-state index is -0.270. The Morgan fingerprint density at radius 3 is 3.13 bits per heavy atom. The van der Waals surface area contributed by atoms with Gasteiger partial charge in [0.25, 0.3) is 5.91 Å². The van der Waals surface area contributed by atoms with Crippen LogP contribution in [0.25, 0.3) is 5.69 Å². The lowest BCUT2D eigenvalue weighted by atomic mass is 10.1. The molecule has 7 nitrogen and oxygen atoms in total. The number of amides is 1. The molecule has 1 aliphatic rings. The Morgan fingerprint density at radius 2 is 2.39 bits per heavy atom. The van der Waals surface area contributed by atoms with Gasteiger partial charge in [-0.2, -0.15) is 15.2 Å². The number of nitriles is 1. The lowest BCUT2D eigenvalue weighted by Gasteiger charge is -2.10. The minimum Gasteiger partial charge on any atom is -0.350 e. The standard InChI is InChI=1S/C15H15ClN6O/c16-12-2-1-3-13(6-12)22-19-8-14(20-22)15(23)18-7-11-4-5-21(9-11)10-17/h1-3,6,8,11H,4-5,7,9H2,(H,18,23)/t11-/m0/s1. The van der Waals surface area contributed by atoms with Crippen molar-refractivity contribution in [2.24, 2.45) is 5.92 Å². The average Bonchev–Trinajstić information content (AvgIpc) is 3.22. The van der Waals surface area contributed by atoms with E-state index in [0.717, 1.165) is 13.0 Å². The van der Waals surface area contributed by atoms with Gasteiger partial charge in [0.15, 0.2) is 11.9 Å². The fraction of sp³-hybridized carbons (Fsp3) is 0.333. The predicted octanol–water partition coefficient (Wildman–Crippen LogP) is 1.45. The van der Waals surface area contributed by atoms with E-state index in [2.05, 4.69) is 21.7 Å². The van der Waals surface area contributed by atoms with Crippen molar-refractivity contribution in [3.63, 3.8) is 0 Å². The monoisotopic (exact) mass is 330 g/mol. The van der Waals surface area contributed by atoms with Crippen LogP contribution < -0.4 is 5.32 Å². The summed E-state index contributed by atoms with van der Waals surface area (Å²) in [7, 11) is 0. The molecular formula is C15H15ClN6O. The van der Waals surface area contributed by atoms with Gasteiger partial charge in [-0.1, -0.05) is 17.7 Å². The van der Waals surface area contributed by atoms with E-state index in [1.165, 1.54) is 11.0 Å². The van der Waals surface area contributed by atoms with E-state index in [0.29, 0.717) is 29.7 Å². The van der Waals surface area contributed by atoms with Crippen LogP contribution >= 0.6 is 11.6 Å². The summed E-state index contributed by atoms with van der Waals surface area (Å²) in [6, 6.07) is 7.08. The summed E-state index contributed by atoms with van der Waals surface area (Å²) in [4.78, 5) is 15.2. The first kappa shape index (κ1) is 15.3. The number of rotatable bonds is 4. The normalized spacial score (nSPS) is 17.0. The Balaban J connectivity index is 1.60. The number of likely N-dealkylation sites (tertiary alicyclic amines) is 1. The maximum Gasteiger partial charge on any atom is 0.273 e. The number of carbonyl (C=O) groups is 1. The molecule has 8 heteroatoms. The SMILES string of the molecule is N#CN1CC[C@@H](CNC(=O)c2cnn(-c3cccc(Cl)c3)n2)C1. The summed E-state index contributed by atoms with van der Waals surface area (Å²) in [5.41, 5.74) is 0.942. The molecule has 1 aliphatic heterocycles. The third-order valence-corrected chi connectivity index (χ3v) is 3.98. The predicted molar refractivity (Wildman–Crippen MR) is 84.0 cm³/mol. The summed E-state index contributed by atoms with van der Waals surface area (Å²) in [5.74, 6) is 0.0234. The van der Waals surface area contributed by atoms with Gasteiger partial charge >= 0.3 is 0 Å². The number of nitrogens with one attached hydrogen (secondary N) is 1. The number of hydrogen-bond acceptors (Lipinski definition) is 5. The van der Waals surface area contributed by atoms with E-state index >= 15 is 0 Å². The summed E-state index contributed by atoms with van der Waals surface area (Å²) in [6.07, 6.45) is 4.45. The van der Waals surface area contributed by atoms with Gasteiger partial charge in [-0.05, 0) is 30.5 Å². The zero-order valence-electron chi connectivity index (χ0n) is 12.3. The molecule has 0 unspecified atom stereocenters. The molecule has 2 heterocycles. The second-order valence-electron chi connectivity index (χ2n) is 5.41. The topological polar surface area (TPSA) is 86.8 Å². The average molecular weight is 331 g/mol. The van der Waals surface area contributed by atoms with Crippen LogP contribution in [-0.2, 0) is 0 Å². The highest BCUT2D eigenvalue weighted by Gasteiger charge is 2.22. The van der Waals surface area contributed by atoms with Crippen molar-refractivity contribution < 1.29 is 4.79 Å². The first-order chi connectivity index (χ1) is 11.2. The molecule has 1 N–H and O–H groups in total. The van der Waals surface area contributed by atoms with E-state index in [1.54, 1.807) is 23.1 Å². The second-order valence-corrected chi connectivity index (χ2v) is 5.85. The molecule has 2 aromatic rings. The molecule has 23 heavy (non-hydrogen) atoms. The molecule has 0 spiro atoms. The number of halogens is 1. The Labute approximate surface area is 138 Å². The van der Waals surface area contributed by atoms with Gasteiger partial charge in [0.2, 0.25) is 0 Å². The van der Waals surface area contributed by atoms with Crippen LogP contribution in [0.4, 0.5) is 0 Å². The Hall–Kier alpha value is -2.59. The zero-order valence-corrected chi connectivity index (χ0v) is 13.1. The highest BCUT2D eigenvalue weighted by atomic mass is 35.5. The van der Waals surface area contributed by atoms with Crippen LogP contribution in [0.1, 0.15) is 16.9 Å². The maximum atomic E-state index is 12.1. The van der Waals surface area contributed by atoms with E-state index in [9.17, 15) is 4.79 Å². The molecule has 0 radical (unpaired) electrons. The maximum absolute atomic E-state index is 12.1. The molecule has 1 fully saturated rings. The van der Waals surface area contributed by atoms with E-state index in [4.69, 9.17) is 16.9 Å². The van der Waals surface area contributed by atoms with E-state index < -0.39 is 0 Å². The minimum absolute atomic E-state index is 0.250. The van der Waals surface area contributed by atoms with Crippen LogP contribution in [0.5, 0.6) is 0 Å². The molecule has 1 atom stereocenters. The Kier molecular flexibility index (Phi) is 4.44. The van der Waals surface area contributed by atoms with Crippen molar-refractivity contribution in [2.75, 3.05) is 19.6 Å². The van der Waals surface area contributed by atoms with Crippen LogP contribution in [0, 0.1) is 17.4 Å². The van der Waals surface area contributed by atoms with Gasteiger partial charge in [-0.25, -0.2) is 0 Å². The van der Waals surface area contributed by atoms with Crippen molar-refractivity contribution in [1.82, 2.24) is 25.2 Å². The molecule has 1 aromatic carbocycles. The second kappa shape index (κ2) is 6.67. The molecule has 0 saturated carbocycles. The highest BCUT2D eigenvalue weighted by molar-refractivity contribution is 6.30. The van der Waals surface area contributed by atoms with E-state index in [1.807, 2.05) is 6.07 Å². The summed E-state index contributed by atoms with van der Waals surface area (Å²) in [6.45, 7) is 1.97. The summed E-state index contributed by atoms with van der Waals surface area (Å²) in [5, 5.41) is 20.5. The molecule has 0 bridgehead atoms. The molecule has 1 amide bonds. The zero-order chi connectivity index (χ0) is 16.2. The number of aromatic nitrogens is 3. The summed E-state index contributed by atoms with van der Waals surface area (Å²) >= 11 is 5.94. The fourth-order valence-electron chi connectivity index (χ4n) is 2.51. The smallest absolute Gasteiger partial charge is 0.273 e. The van der Waals surface area contributed by atoms with Crippen molar-refractivity contribution >= 4 is 17.5 Å². The van der Waals surface area contributed by atoms with Crippen molar-refractivity contribution in [3.8, 4) is 11.9 Å². The number of nitrogens with zero attached hydrogens (tertiary/aromatic N) is 5. The quantitative estimate of drug-likeness (QED) is 0.857. The largest absolute Gasteiger partial charge is 0.350 e. The van der Waals surface area contributed by atoms with Crippen LogP contribution in [0.2, 0.25) is 5.02 Å². The number of hydrogen-bond donors (Lipinski definition) is 1. The Bertz CT molecular complexity index is 752. The van der Waals surface area contributed by atoms with Gasteiger partial charge in [-0.3, -0.25) is 4.79 Å². The molecule has 1 saturated heterocycles. The van der Waals surface area contributed by atoms with Crippen molar-refractivity contribution in [1.29, 1.82) is 5.26 Å². The van der Waals surface area contributed by atoms with Crippen molar-refractivity contribution in [2.45, 2.75) is 6.42 Å². The van der Waals surface area contributed by atoms with Gasteiger partial charge in [-0.15, -0.1) is 5.10 Å². The Morgan fingerprint density at radius 1 is 1.52 bits per heavy atom. The highest BCUT2D eigenvalue weighted by Crippen LogP contribution is 2.15. The number of carbonyl (C=O) groups excluding carboxylic acids is 1.